The molecule has 2 rings (SSSR count). The van der Waals surface area contributed by atoms with Crippen LogP contribution >= 0.6 is 11.3 Å². The van der Waals surface area contributed by atoms with Gasteiger partial charge in [0, 0.05) is 10.9 Å². The van der Waals surface area contributed by atoms with Crippen LogP contribution in [0.5, 0.6) is 0 Å². The summed E-state index contributed by atoms with van der Waals surface area (Å²) in [6.45, 7) is 4.32. The minimum atomic E-state index is -0.206. The summed E-state index contributed by atoms with van der Waals surface area (Å²) < 4.78 is 12.8. The molecule has 1 heterocycles. The van der Waals surface area contributed by atoms with Gasteiger partial charge in [-0.15, -0.1) is 11.3 Å². The fourth-order valence-corrected chi connectivity index (χ4v) is 2.39. The van der Waals surface area contributed by atoms with Crippen molar-refractivity contribution in [2.24, 2.45) is 0 Å². The topological polar surface area (TPSA) is 12.9 Å². The Morgan fingerprint density at radius 1 is 1.31 bits per heavy atom. The number of hydrogen-bond donors (Lipinski definition) is 0. The summed E-state index contributed by atoms with van der Waals surface area (Å²) in [5, 5.41) is 3.06. The molecular formula is C13H14FNS. The molecule has 0 aliphatic heterocycles. The average Bonchev–Trinajstić information content (AvgIpc) is 2.78. The number of halogens is 1. The van der Waals surface area contributed by atoms with Crippen LogP contribution in [-0.2, 0) is 0 Å². The van der Waals surface area contributed by atoms with Gasteiger partial charge in [0.15, 0.2) is 0 Å². The van der Waals surface area contributed by atoms with Gasteiger partial charge in [0.2, 0.25) is 0 Å². The second-order valence-corrected chi connectivity index (χ2v) is 4.75. The quantitative estimate of drug-likeness (QED) is 0.765. The predicted molar refractivity (Wildman–Crippen MR) is 66.2 cm³/mol. The number of rotatable bonds is 3. The molecule has 0 spiro atoms. The molecule has 0 radical (unpaired) electrons. The number of nitrogens with zero attached hydrogens (tertiary/aromatic N) is 1. The van der Waals surface area contributed by atoms with Gasteiger partial charge in [-0.3, -0.25) is 0 Å². The molecule has 0 saturated carbocycles. The van der Waals surface area contributed by atoms with Crippen LogP contribution in [0.25, 0.3) is 10.6 Å². The molecule has 0 bridgehead atoms. The van der Waals surface area contributed by atoms with Crippen molar-refractivity contribution in [1.29, 1.82) is 0 Å². The first-order chi connectivity index (χ1) is 7.70. The number of thiazole rings is 1. The van der Waals surface area contributed by atoms with E-state index in [1.54, 1.807) is 23.5 Å². The minimum Gasteiger partial charge on any atom is -0.241 e. The van der Waals surface area contributed by atoms with Crippen LogP contribution in [-0.4, -0.2) is 4.98 Å². The summed E-state index contributed by atoms with van der Waals surface area (Å²) in [6.07, 6.45) is 1.09. The van der Waals surface area contributed by atoms with E-state index in [0.717, 1.165) is 22.7 Å². The zero-order chi connectivity index (χ0) is 11.5. The van der Waals surface area contributed by atoms with E-state index in [0.29, 0.717) is 5.92 Å². The van der Waals surface area contributed by atoms with Crippen molar-refractivity contribution in [2.75, 3.05) is 0 Å². The molecule has 2 aromatic rings. The van der Waals surface area contributed by atoms with E-state index in [1.807, 2.05) is 0 Å². The lowest BCUT2D eigenvalue weighted by atomic mass is 10.1. The zero-order valence-corrected chi connectivity index (χ0v) is 10.2. The van der Waals surface area contributed by atoms with E-state index >= 15 is 0 Å². The van der Waals surface area contributed by atoms with Crippen LogP contribution in [0.15, 0.2) is 29.6 Å². The Morgan fingerprint density at radius 3 is 2.62 bits per heavy atom. The largest absolute Gasteiger partial charge is 0.241 e. The smallest absolute Gasteiger partial charge is 0.123 e. The first kappa shape index (κ1) is 11.3. The van der Waals surface area contributed by atoms with Crippen LogP contribution in [0.3, 0.4) is 0 Å². The van der Waals surface area contributed by atoms with Crippen molar-refractivity contribution in [2.45, 2.75) is 26.2 Å². The minimum absolute atomic E-state index is 0.206. The number of aromatic nitrogens is 1. The van der Waals surface area contributed by atoms with Crippen molar-refractivity contribution in [3.8, 4) is 10.6 Å². The van der Waals surface area contributed by atoms with E-state index in [4.69, 9.17) is 0 Å². The molecule has 1 atom stereocenters. The lowest BCUT2D eigenvalue weighted by Gasteiger charge is -2.02. The second kappa shape index (κ2) is 4.74. The Balaban J connectivity index is 2.28. The van der Waals surface area contributed by atoms with E-state index in [1.165, 1.54) is 12.1 Å². The monoisotopic (exact) mass is 235 g/mol. The molecule has 0 aliphatic rings. The van der Waals surface area contributed by atoms with Crippen LogP contribution in [0.2, 0.25) is 0 Å². The van der Waals surface area contributed by atoms with Crippen molar-refractivity contribution in [1.82, 2.24) is 4.98 Å². The lowest BCUT2D eigenvalue weighted by Crippen LogP contribution is -1.90. The highest BCUT2D eigenvalue weighted by Gasteiger charge is 2.09. The van der Waals surface area contributed by atoms with Gasteiger partial charge in [0.25, 0.3) is 0 Å². The molecule has 16 heavy (non-hydrogen) atoms. The van der Waals surface area contributed by atoms with Gasteiger partial charge in [0.1, 0.15) is 10.8 Å². The average molecular weight is 235 g/mol. The summed E-state index contributed by atoms with van der Waals surface area (Å²) in [5.74, 6) is 0.285. The summed E-state index contributed by atoms with van der Waals surface area (Å²) in [6, 6.07) is 6.49. The summed E-state index contributed by atoms with van der Waals surface area (Å²) in [7, 11) is 0. The van der Waals surface area contributed by atoms with Crippen LogP contribution in [0.4, 0.5) is 4.39 Å². The van der Waals surface area contributed by atoms with Crippen LogP contribution < -0.4 is 0 Å². The van der Waals surface area contributed by atoms with Gasteiger partial charge >= 0.3 is 0 Å². The zero-order valence-electron chi connectivity index (χ0n) is 9.40. The Bertz CT molecular complexity index is 461. The summed E-state index contributed by atoms with van der Waals surface area (Å²) in [4.78, 5) is 4.58. The van der Waals surface area contributed by atoms with Gasteiger partial charge in [-0.05, 0) is 36.6 Å². The molecule has 3 heteroatoms. The van der Waals surface area contributed by atoms with Crippen molar-refractivity contribution in [3.63, 3.8) is 0 Å². The highest BCUT2D eigenvalue weighted by molar-refractivity contribution is 7.13. The molecule has 0 N–H and O–H groups in total. The van der Waals surface area contributed by atoms with Crippen molar-refractivity contribution >= 4 is 11.3 Å². The third kappa shape index (κ3) is 2.30. The molecule has 1 aromatic heterocycles. The third-order valence-electron chi connectivity index (χ3n) is 2.73. The molecule has 0 saturated heterocycles. The maximum absolute atomic E-state index is 12.8. The van der Waals surface area contributed by atoms with Gasteiger partial charge < -0.3 is 0 Å². The molecule has 0 fully saturated rings. The first-order valence-electron chi connectivity index (χ1n) is 5.42. The second-order valence-electron chi connectivity index (χ2n) is 3.89. The molecule has 84 valence electrons. The fourth-order valence-electron chi connectivity index (χ4n) is 1.45. The molecule has 1 aromatic carbocycles. The number of benzene rings is 1. The third-order valence-corrected chi connectivity index (χ3v) is 3.64. The molecule has 0 amide bonds. The summed E-state index contributed by atoms with van der Waals surface area (Å²) in [5.41, 5.74) is 2.12. The van der Waals surface area contributed by atoms with Crippen molar-refractivity contribution in [3.05, 3.63) is 41.2 Å². The van der Waals surface area contributed by atoms with E-state index in [2.05, 4.69) is 24.2 Å². The predicted octanol–water partition coefficient (Wildman–Crippen LogP) is 4.46. The Labute approximate surface area is 99.0 Å². The number of hydrogen-bond acceptors (Lipinski definition) is 2. The van der Waals surface area contributed by atoms with E-state index in [9.17, 15) is 4.39 Å². The fraction of sp³-hybridized carbons (Fsp3) is 0.308. The summed E-state index contributed by atoms with van der Waals surface area (Å²) >= 11 is 1.62. The van der Waals surface area contributed by atoms with Crippen LogP contribution in [0.1, 0.15) is 31.9 Å². The van der Waals surface area contributed by atoms with E-state index in [-0.39, 0.29) is 5.82 Å². The highest BCUT2D eigenvalue weighted by atomic mass is 32.1. The maximum atomic E-state index is 12.8. The van der Waals surface area contributed by atoms with Gasteiger partial charge in [-0.25, -0.2) is 9.37 Å². The Hall–Kier alpha value is -1.22. The van der Waals surface area contributed by atoms with Crippen LogP contribution in [0, 0.1) is 5.82 Å². The maximum Gasteiger partial charge on any atom is 0.123 e. The highest BCUT2D eigenvalue weighted by Crippen LogP contribution is 2.28. The van der Waals surface area contributed by atoms with Gasteiger partial charge in [-0.1, -0.05) is 13.8 Å². The van der Waals surface area contributed by atoms with Gasteiger partial charge in [0.05, 0.1) is 5.69 Å². The molecule has 1 unspecified atom stereocenters. The standard InChI is InChI=1S/C13H14FNS/c1-3-9(2)12-8-16-13(15-12)10-4-6-11(14)7-5-10/h4-9H,3H2,1-2H3. The molecule has 0 aliphatic carbocycles. The Morgan fingerprint density at radius 2 is 2.00 bits per heavy atom. The Kier molecular flexibility index (Phi) is 3.34. The normalized spacial score (nSPS) is 12.7. The first-order valence-corrected chi connectivity index (χ1v) is 6.30. The van der Waals surface area contributed by atoms with Gasteiger partial charge in [-0.2, -0.15) is 0 Å². The molecule has 1 nitrogen and oxygen atoms in total. The van der Waals surface area contributed by atoms with Crippen molar-refractivity contribution < 1.29 is 4.39 Å². The van der Waals surface area contributed by atoms with E-state index < -0.39 is 0 Å². The SMILES string of the molecule is CCC(C)c1csc(-c2ccc(F)cc2)n1. The molecular weight excluding hydrogens is 221 g/mol. The lowest BCUT2D eigenvalue weighted by molar-refractivity contribution is 0.628.